The summed E-state index contributed by atoms with van der Waals surface area (Å²) in [6, 6.07) is -0.338. The van der Waals surface area contributed by atoms with Gasteiger partial charge in [0.1, 0.15) is 5.54 Å². The molecule has 1 fully saturated rings. The summed E-state index contributed by atoms with van der Waals surface area (Å²) in [6.45, 7) is 6.42. The Kier molecular flexibility index (Phi) is 5.17. The Morgan fingerprint density at radius 1 is 1.37 bits per heavy atom. The highest BCUT2D eigenvalue weighted by atomic mass is 16.5. The van der Waals surface area contributed by atoms with E-state index in [1.807, 2.05) is 6.92 Å². The number of nitrogens with zero attached hydrogens (tertiary/aromatic N) is 1. The lowest BCUT2D eigenvalue weighted by Gasteiger charge is -2.34. The van der Waals surface area contributed by atoms with Crippen LogP contribution in [0.5, 0.6) is 0 Å². The molecular weight excluding hydrogens is 248 g/mol. The van der Waals surface area contributed by atoms with Crippen LogP contribution in [0.15, 0.2) is 0 Å². The lowest BCUT2D eigenvalue weighted by molar-refractivity contribution is -0.146. The molecule has 2 amide bonds. The zero-order chi connectivity index (χ0) is 14.6. The third-order valence-electron chi connectivity index (χ3n) is 3.99. The van der Waals surface area contributed by atoms with Crippen molar-refractivity contribution in [3.8, 4) is 0 Å². The summed E-state index contributed by atoms with van der Waals surface area (Å²) >= 11 is 0. The number of ether oxygens (including phenoxy) is 1. The Hall–Kier alpha value is -1.30. The highest BCUT2D eigenvalue weighted by Crippen LogP contribution is 2.19. The number of carboxylic acid groups (broad SMARTS) is 1. The number of nitrogens with one attached hydrogen (secondary N) is 1. The first-order chi connectivity index (χ1) is 8.76. The molecule has 1 aliphatic heterocycles. The molecule has 0 aliphatic carbocycles. The molecule has 6 heteroatoms. The van der Waals surface area contributed by atoms with E-state index in [-0.39, 0.29) is 12.1 Å². The summed E-state index contributed by atoms with van der Waals surface area (Å²) in [5.41, 5.74) is -1.22. The smallest absolute Gasteiger partial charge is 0.329 e. The molecular formula is C13H24N2O4. The van der Waals surface area contributed by atoms with Crippen molar-refractivity contribution in [3.05, 3.63) is 0 Å². The molecule has 6 nitrogen and oxygen atoms in total. The van der Waals surface area contributed by atoms with Gasteiger partial charge in [0, 0.05) is 26.3 Å². The van der Waals surface area contributed by atoms with Crippen LogP contribution >= 0.6 is 0 Å². The fourth-order valence-corrected chi connectivity index (χ4v) is 2.02. The Balaban J connectivity index is 2.56. The van der Waals surface area contributed by atoms with E-state index in [9.17, 15) is 9.59 Å². The first kappa shape index (κ1) is 15.8. The minimum Gasteiger partial charge on any atom is -0.480 e. The van der Waals surface area contributed by atoms with Gasteiger partial charge in [0.05, 0.1) is 0 Å². The van der Waals surface area contributed by atoms with Gasteiger partial charge in [-0.15, -0.1) is 0 Å². The summed E-state index contributed by atoms with van der Waals surface area (Å²) < 4.78 is 5.29. The van der Waals surface area contributed by atoms with Gasteiger partial charge in [0.15, 0.2) is 0 Å². The third-order valence-corrected chi connectivity index (χ3v) is 3.99. The second-order valence-corrected chi connectivity index (χ2v) is 5.61. The van der Waals surface area contributed by atoms with Gasteiger partial charge in [-0.2, -0.15) is 0 Å². The summed E-state index contributed by atoms with van der Waals surface area (Å²) in [7, 11) is 1.50. The van der Waals surface area contributed by atoms with Crippen LogP contribution in [0.1, 0.15) is 33.6 Å². The Bertz CT molecular complexity index is 338. The minimum absolute atomic E-state index is 0.0171. The SMILES string of the molecule is CC(NC(=O)N(C)C(C)(C)C(=O)O)C1CCOCC1. The van der Waals surface area contributed by atoms with Gasteiger partial charge >= 0.3 is 12.0 Å². The molecule has 1 atom stereocenters. The number of carbonyl (C=O) groups is 2. The van der Waals surface area contributed by atoms with Gasteiger partial charge in [0.2, 0.25) is 0 Å². The van der Waals surface area contributed by atoms with Crippen LogP contribution in [0.4, 0.5) is 4.79 Å². The van der Waals surface area contributed by atoms with Crippen molar-refractivity contribution in [2.45, 2.75) is 45.2 Å². The molecule has 2 N–H and O–H groups in total. The predicted octanol–water partition coefficient (Wildman–Crippen LogP) is 1.31. The Labute approximate surface area is 114 Å². The summed E-state index contributed by atoms with van der Waals surface area (Å²) in [4.78, 5) is 24.4. The lowest BCUT2D eigenvalue weighted by atomic mass is 9.93. The van der Waals surface area contributed by atoms with E-state index in [2.05, 4.69) is 5.32 Å². The van der Waals surface area contributed by atoms with E-state index in [1.165, 1.54) is 25.8 Å². The van der Waals surface area contributed by atoms with E-state index in [0.717, 1.165) is 26.1 Å². The van der Waals surface area contributed by atoms with Crippen molar-refractivity contribution in [2.75, 3.05) is 20.3 Å². The number of hydrogen-bond donors (Lipinski definition) is 2. The standard InChI is InChI=1S/C13H24N2O4/c1-9(10-5-7-19-8-6-10)14-12(18)15(4)13(2,3)11(16)17/h9-10H,5-8H2,1-4H3,(H,14,18)(H,16,17). The molecule has 0 radical (unpaired) electrons. The predicted molar refractivity (Wildman–Crippen MR) is 71.0 cm³/mol. The maximum Gasteiger partial charge on any atom is 0.329 e. The summed E-state index contributed by atoms with van der Waals surface area (Å²) in [6.07, 6.45) is 1.85. The molecule has 110 valence electrons. The van der Waals surface area contributed by atoms with E-state index in [1.54, 1.807) is 0 Å². The minimum atomic E-state index is -1.22. The number of hydrogen-bond acceptors (Lipinski definition) is 3. The molecule has 0 spiro atoms. The van der Waals surface area contributed by atoms with Crippen molar-refractivity contribution in [1.29, 1.82) is 0 Å². The highest BCUT2D eigenvalue weighted by molar-refractivity contribution is 5.85. The molecule has 0 aromatic heterocycles. The maximum atomic E-state index is 12.1. The number of likely N-dealkylation sites (N-methyl/N-ethyl adjacent to an activating group) is 1. The number of amides is 2. The van der Waals surface area contributed by atoms with Gasteiger partial charge < -0.3 is 20.1 Å². The fraction of sp³-hybridized carbons (Fsp3) is 0.846. The molecule has 0 bridgehead atoms. The first-order valence-corrected chi connectivity index (χ1v) is 6.62. The van der Waals surface area contributed by atoms with Crippen molar-refractivity contribution < 1.29 is 19.4 Å². The number of aliphatic carboxylic acids is 1. The highest BCUT2D eigenvalue weighted by Gasteiger charge is 2.36. The number of carboxylic acids is 1. The van der Waals surface area contributed by atoms with Gasteiger partial charge in [0.25, 0.3) is 0 Å². The van der Waals surface area contributed by atoms with E-state index in [0.29, 0.717) is 5.92 Å². The van der Waals surface area contributed by atoms with Gasteiger partial charge in [-0.3, -0.25) is 0 Å². The van der Waals surface area contributed by atoms with Crippen molar-refractivity contribution in [2.24, 2.45) is 5.92 Å². The molecule has 1 unspecified atom stereocenters. The lowest BCUT2D eigenvalue weighted by Crippen LogP contribution is -2.56. The van der Waals surface area contributed by atoms with Crippen LogP contribution < -0.4 is 5.32 Å². The molecule has 19 heavy (non-hydrogen) atoms. The number of carbonyl (C=O) groups excluding carboxylic acids is 1. The summed E-state index contributed by atoms with van der Waals surface area (Å²) in [5, 5.41) is 12.0. The van der Waals surface area contributed by atoms with Crippen molar-refractivity contribution in [1.82, 2.24) is 10.2 Å². The second-order valence-electron chi connectivity index (χ2n) is 5.61. The first-order valence-electron chi connectivity index (χ1n) is 6.62. The van der Waals surface area contributed by atoms with E-state index < -0.39 is 11.5 Å². The van der Waals surface area contributed by atoms with E-state index >= 15 is 0 Å². The molecule has 1 rings (SSSR count). The van der Waals surface area contributed by atoms with Gasteiger partial charge in [-0.05, 0) is 39.5 Å². The van der Waals surface area contributed by atoms with Crippen LogP contribution in [-0.2, 0) is 9.53 Å². The van der Waals surface area contributed by atoms with Crippen LogP contribution in [-0.4, -0.2) is 53.8 Å². The molecule has 0 aromatic carbocycles. The maximum absolute atomic E-state index is 12.1. The third kappa shape index (κ3) is 3.83. The van der Waals surface area contributed by atoms with Crippen molar-refractivity contribution >= 4 is 12.0 Å². The number of rotatable bonds is 4. The van der Waals surface area contributed by atoms with E-state index in [4.69, 9.17) is 9.84 Å². The number of urea groups is 1. The van der Waals surface area contributed by atoms with Crippen LogP contribution in [0.2, 0.25) is 0 Å². The quantitative estimate of drug-likeness (QED) is 0.808. The fourth-order valence-electron chi connectivity index (χ4n) is 2.02. The molecule has 1 saturated heterocycles. The average molecular weight is 272 g/mol. The molecule has 1 heterocycles. The average Bonchev–Trinajstić information content (AvgIpc) is 2.38. The molecule has 0 aromatic rings. The topological polar surface area (TPSA) is 78.9 Å². The monoisotopic (exact) mass is 272 g/mol. The zero-order valence-corrected chi connectivity index (χ0v) is 12.1. The van der Waals surface area contributed by atoms with Crippen LogP contribution in [0, 0.1) is 5.92 Å². The van der Waals surface area contributed by atoms with Crippen LogP contribution in [0.3, 0.4) is 0 Å². The van der Waals surface area contributed by atoms with Gasteiger partial charge in [-0.1, -0.05) is 0 Å². The second kappa shape index (κ2) is 6.23. The zero-order valence-electron chi connectivity index (χ0n) is 12.1. The molecule has 0 saturated carbocycles. The van der Waals surface area contributed by atoms with Crippen LogP contribution in [0.25, 0.3) is 0 Å². The summed E-state index contributed by atoms with van der Waals surface area (Å²) in [5.74, 6) is -0.636. The Morgan fingerprint density at radius 3 is 2.37 bits per heavy atom. The molecule has 1 aliphatic rings. The van der Waals surface area contributed by atoms with Gasteiger partial charge in [-0.25, -0.2) is 9.59 Å². The normalized spacial score (nSPS) is 18.7. The largest absolute Gasteiger partial charge is 0.480 e. The van der Waals surface area contributed by atoms with Crippen molar-refractivity contribution in [3.63, 3.8) is 0 Å². The Morgan fingerprint density at radius 2 is 1.89 bits per heavy atom.